The Labute approximate surface area is 121 Å². The fourth-order valence-corrected chi connectivity index (χ4v) is 1.82. The molecule has 0 unspecified atom stereocenters. The van der Waals surface area contributed by atoms with Crippen LogP contribution in [0.4, 0.5) is 5.69 Å². The number of anilines is 1. The zero-order valence-corrected chi connectivity index (χ0v) is 11.2. The number of rotatable bonds is 4. The van der Waals surface area contributed by atoms with E-state index in [-0.39, 0.29) is 23.6 Å². The molecule has 21 heavy (non-hydrogen) atoms. The van der Waals surface area contributed by atoms with E-state index in [2.05, 4.69) is 20.6 Å². The average molecular weight is 282 g/mol. The average Bonchev–Trinajstić information content (AvgIpc) is 3.32. The highest BCUT2D eigenvalue weighted by Crippen LogP contribution is 2.19. The molecule has 1 saturated carbocycles. The third-order valence-electron chi connectivity index (χ3n) is 3.09. The number of carbonyl (C=O) groups is 2. The Bertz CT molecular complexity index is 668. The van der Waals surface area contributed by atoms with Gasteiger partial charge >= 0.3 is 0 Å². The van der Waals surface area contributed by atoms with Crippen molar-refractivity contribution >= 4 is 17.5 Å². The number of nitrogens with one attached hydrogen (secondary N) is 2. The topological polar surface area (TPSA) is 84.0 Å². The van der Waals surface area contributed by atoms with Gasteiger partial charge in [0.15, 0.2) is 0 Å². The molecule has 2 aromatic heterocycles. The van der Waals surface area contributed by atoms with Crippen LogP contribution >= 0.6 is 0 Å². The van der Waals surface area contributed by atoms with E-state index in [0.717, 1.165) is 12.8 Å². The van der Waals surface area contributed by atoms with E-state index >= 15 is 0 Å². The third-order valence-corrected chi connectivity index (χ3v) is 3.09. The lowest BCUT2D eigenvalue weighted by atomic mass is 10.2. The molecule has 0 saturated heterocycles. The van der Waals surface area contributed by atoms with Crippen molar-refractivity contribution < 1.29 is 9.59 Å². The van der Waals surface area contributed by atoms with Gasteiger partial charge in [0.25, 0.3) is 11.8 Å². The Balaban J connectivity index is 1.72. The molecule has 1 aliphatic carbocycles. The number of nitrogens with zero attached hydrogens (tertiary/aromatic N) is 2. The predicted octanol–water partition coefficient (Wildman–Crippen LogP) is 1.62. The highest BCUT2D eigenvalue weighted by atomic mass is 16.2. The van der Waals surface area contributed by atoms with Gasteiger partial charge in [-0.25, -0.2) is 0 Å². The maximum Gasteiger partial charge on any atom is 0.270 e. The molecular formula is C15H14N4O2. The number of pyridine rings is 2. The standard InChI is InChI=1S/C15H14N4O2/c20-14(19-12-2-1-6-16-9-12)10-5-7-17-13(8-10)15(21)18-11-3-4-11/h1-2,5-9,11H,3-4H2,(H,18,21)(H,19,20). The summed E-state index contributed by atoms with van der Waals surface area (Å²) in [6, 6.07) is 6.79. The second-order valence-corrected chi connectivity index (χ2v) is 4.87. The highest BCUT2D eigenvalue weighted by Gasteiger charge is 2.24. The Kier molecular flexibility index (Phi) is 3.59. The lowest BCUT2D eigenvalue weighted by Gasteiger charge is -2.06. The smallest absolute Gasteiger partial charge is 0.270 e. The van der Waals surface area contributed by atoms with Crippen molar-refractivity contribution in [3.8, 4) is 0 Å². The first kappa shape index (κ1) is 13.2. The summed E-state index contributed by atoms with van der Waals surface area (Å²) >= 11 is 0. The quantitative estimate of drug-likeness (QED) is 0.892. The van der Waals surface area contributed by atoms with Gasteiger partial charge < -0.3 is 10.6 Å². The van der Waals surface area contributed by atoms with Gasteiger partial charge in [0.2, 0.25) is 0 Å². The Hall–Kier alpha value is -2.76. The van der Waals surface area contributed by atoms with Crippen LogP contribution in [0.5, 0.6) is 0 Å². The molecule has 0 aliphatic heterocycles. The molecule has 2 N–H and O–H groups in total. The molecule has 0 bridgehead atoms. The van der Waals surface area contributed by atoms with Gasteiger partial charge in [0.1, 0.15) is 5.69 Å². The van der Waals surface area contributed by atoms with Crippen molar-refractivity contribution in [3.63, 3.8) is 0 Å². The van der Waals surface area contributed by atoms with E-state index in [1.165, 1.54) is 12.3 Å². The second-order valence-electron chi connectivity index (χ2n) is 4.87. The first-order valence-corrected chi connectivity index (χ1v) is 6.70. The molecule has 0 radical (unpaired) electrons. The fraction of sp³-hybridized carbons (Fsp3) is 0.200. The molecule has 6 nitrogen and oxygen atoms in total. The largest absolute Gasteiger partial charge is 0.348 e. The maximum absolute atomic E-state index is 12.1. The highest BCUT2D eigenvalue weighted by molar-refractivity contribution is 6.05. The van der Waals surface area contributed by atoms with Crippen LogP contribution in [0.1, 0.15) is 33.7 Å². The number of amides is 2. The summed E-state index contributed by atoms with van der Waals surface area (Å²) in [6.45, 7) is 0. The van der Waals surface area contributed by atoms with Gasteiger partial charge in [-0.15, -0.1) is 0 Å². The lowest BCUT2D eigenvalue weighted by Crippen LogP contribution is -2.26. The van der Waals surface area contributed by atoms with Crippen molar-refractivity contribution in [1.82, 2.24) is 15.3 Å². The van der Waals surface area contributed by atoms with Crippen molar-refractivity contribution in [2.24, 2.45) is 0 Å². The summed E-state index contributed by atoms with van der Waals surface area (Å²) in [5.41, 5.74) is 1.24. The van der Waals surface area contributed by atoms with Crippen LogP contribution in [-0.2, 0) is 0 Å². The maximum atomic E-state index is 12.1. The van der Waals surface area contributed by atoms with Crippen molar-refractivity contribution in [2.45, 2.75) is 18.9 Å². The van der Waals surface area contributed by atoms with Crippen LogP contribution in [0.15, 0.2) is 42.9 Å². The van der Waals surface area contributed by atoms with Gasteiger partial charge in [-0.1, -0.05) is 0 Å². The SMILES string of the molecule is O=C(Nc1cccnc1)c1ccnc(C(=O)NC2CC2)c1. The van der Waals surface area contributed by atoms with Crippen LogP contribution in [0.3, 0.4) is 0 Å². The van der Waals surface area contributed by atoms with Gasteiger partial charge in [-0.2, -0.15) is 0 Å². The van der Waals surface area contributed by atoms with Crippen molar-refractivity contribution in [1.29, 1.82) is 0 Å². The zero-order valence-electron chi connectivity index (χ0n) is 11.2. The van der Waals surface area contributed by atoms with Crippen LogP contribution in [0, 0.1) is 0 Å². The minimum atomic E-state index is -0.300. The molecule has 6 heteroatoms. The summed E-state index contributed by atoms with van der Waals surface area (Å²) in [6.07, 6.45) is 6.65. The van der Waals surface area contributed by atoms with E-state index in [1.54, 1.807) is 30.6 Å². The molecule has 3 rings (SSSR count). The van der Waals surface area contributed by atoms with Gasteiger partial charge in [-0.05, 0) is 37.1 Å². The number of hydrogen-bond donors (Lipinski definition) is 2. The Morgan fingerprint density at radius 2 is 2.00 bits per heavy atom. The predicted molar refractivity (Wildman–Crippen MR) is 76.9 cm³/mol. The monoisotopic (exact) mass is 282 g/mol. The van der Waals surface area contributed by atoms with E-state index in [9.17, 15) is 9.59 Å². The Morgan fingerprint density at radius 1 is 1.14 bits per heavy atom. The molecule has 1 fully saturated rings. The summed E-state index contributed by atoms with van der Waals surface area (Å²) in [7, 11) is 0. The summed E-state index contributed by atoms with van der Waals surface area (Å²) in [5, 5.41) is 5.56. The van der Waals surface area contributed by atoms with E-state index < -0.39 is 0 Å². The molecule has 2 heterocycles. The summed E-state index contributed by atoms with van der Waals surface area (Å²) in [4.78, 5) is 32.0. The molecule has 1 aliphatic rings. The molecule has 0 atom stereocenters. The minimum absolute atomic E-state index is 0.242. The zero-order chi connectivity index (χ0) is 14.7. The van der Waals surface area contributed by atoms with Crippen LogP contribution < -0.4 is 10.6 Å². The van der Waals surface area contributed by atoms with Crippen molar-refractivity contribution in [3.05, 3.63) is 54.1 Å². The molecular weight excluding hydrogens is 268 g/mol. The minimum Gasteiger partial charge on any atom is -0.348 e. The van der Waals surface area contributed by atoms with E-state index in [4.69, 9.17) is 0 Å². The third kappa shape index (κ3) is 3.42. The number of carbonyl (C=O) groups excluding carboxylic acids is 2. The molecule has 2 amide bonds. The molecule has 0 spiro atoms. The van der Waals surface area contributed by atoms with Gasteiger partial charge in [-0.3, -0.25) is 19.6 Å². The number of hydrogen-bond acceptors (Lipinski definition) is 4. The summed E-state index contributed by atoms with van der Waals surface area (Å²) < 4.78 is 0. The Morgan fingerprint density at radius 3 is 2.71 bits per heavy atom. The molecule has 106 valence electrons. The van der Waals surface area contributed by atoms with Gasteiger partial charge in [0.05, 0.1) is 11.9 Å². The molecule has 0 aromatic carbocycles. The van der Waals surface area contributed by atoms with Gasteiger partial charge in [0, 0.05) is 24.0 Å². The normalized spacial score (nSPS) is 13.5. The first-order valence-electron chi connectivity index (χ1n) is 6.70. The fourth-order valence-electron chi connectivity index (χ4n) is 1.82. The van der Waals surface area contributed by atoms with Crippen LogP contribution in [-0.4, -0.2) is 27.8 Å². The number of aromatic nitrogens is 2. The van der Waals surface area contributed by atoms with Crippen LogP contribution in [0.25, 0.3) is 0 Å². The van der Waals surface area contributed by atoms with Crippen molar-refractivity contribution in [2.75, 3.05) is 5.32 Å². The summed E-state index contributed by atoms with van der Waals surface area (Å²) in [5.74, 6) is -0.542. The first-order chi connectivity index (χ1) is 10.2. The lowest BCUT2D eigenvalue weighted by molar-refractivity contribution is 0.0946. The van der Waals surface area contributed by atoms with E-state index in [0.29, 0.717) is 11.3 Å². The molecule has 2 aromatic rings. The van der Waals surface area contributed by atoms with Crippen LogP contribution in [0.2, 0.25) is 0 Å². The second kappa shape index (κ2) is 5.70. The van der Waals surface area contributed by atoms with E-state index in [1.807, 2.05) is 0 Å².